The Balaban J connectivity index is 1.63. The number of amides is 1. The van der Waals surface area contributed by atoms with Crippen LogP contribution in [0.1, 0.15) is 19.4 Å². The third-order valence-electron chi connectivity index (χ3n) is 5.89. The van der Waals surface area contributed by atoms with Gasteiger partial charge in [0.05, 0.1) is 16.2 Å². The topological polar surface area (TPSA) is 97.2 Å². The number of rotatable bonds is 10. The standard InChI is InChI=1S/C27H26F3N5O3S2/c1-3-34(4-2)40(37,38)23-15-8-10-19(16-23)25-32-33-26(35(25)22-13-6-5-7-14-22)39-18-24(36)31-21-12-9-11-20(17-21)27(28,29)30/h5-17H,3-4,18H2,1-2H3,(H,31,36). The number of nitrogens with zero attached hydrogens (tertiary/aromatic N) is 4. The average molecular weight is 590 g/mol. The van der Waals surface area contributed by atoms with Crippen molar-refractivity contribution in [1.82, 2.24) is 19.1 Å². The van der Waals surface area contributed by atoms with Gasteiger partial charge < -0.3 is 5.32 Å². The Morgan fingerprint density at radius 1 is 0.950 bits per heavy atom. The van der Waals surface area contributed by atoms with Crippen molar-refractivity contribution >= 4 is 33.4 Å². The summed E-state index contributed by atoms with van der Waals surface area (Å²) in [5.74, 6) is -0.318. The molecule has 0 atom stereocenters. The van der Waals surface area contributed by atoms with Gasteiger partial charge in [0.1, 0.15) is 0 Å². The predicted molar refractivity (Wildman–Crippen MR) is 148 cm³/mol. The Labute approximate surface area is 234 Å². The van der Waals surface area contributed by atoms with Crippen molar-refractivity contribution in [1.29, 1.82) is 0 Å². The molecule has 0 spiro atoms. The number of anilines is 1. The first-order valence-electron chi connectivity index (χ1n) is 12.3. The summed E-state index contributed by atoms with van der Waals surface area (Å²) in [5.41, 5.74) is 0.346. The van der Waals surface area contributed by atoms with E-state index in [1.54, 1.807) is 30.5 Å². The molecule has 4 rings (SSSR count). The maximum Gasteiger partial charge on any atom is 0.416 e. The lowest BCUT2D eigenvalue weighted by Gasteiger charge is -2.19. The predicted octanol–water partition coefficient (Wildman–Crippen LogP) is 5.71. The second-order valence-electron chi connectivity index (χ2n) is 8.51. The summed E-state index contributed by atoms with van der Waals surface area (Å²) in [5, 5.41) is 11.4. The number of hydrogen-bond donors (Lipinski definition) is 1. The van der Waals surface area contributed by atoms with Crippen LogP contribution in [-0.2, 0) is 21.0 Å². The summed E-state index contributed by atoms with van der Waals surface area (Å²) >= 11 is 1.04. The van der Waals surface area contributed by atoms with Gasteiger partial charge in [-0.2, -0.15) is 17.5 Å². The molecule has 0 aliphatic rings. The molecular weight excluding hydrogens is 563 g/mol. The van der Waals surface area contributed by atoms with Crippen molar-refractivity contribution < 1.29 is 26.4 Å². The van der Waals surface area contributed by atoms with Crippen LogP contribution in [0.2, 0.25) is 0 Å². The molecule has 0 fully saturated rings. The summed E-state index contributed by atoms with van der Waals surface area (Å²) in [6, 6.07) is 19.9. The van der Waals surface area contributed by atoms with Crippen molar-refractivity contribution in [2.24, 2.45) is 0 Å². The van der Waals surface area contributed by atoms with Crippen molar-refractivity contribution in [2.75, 3.05) is 24.2 Å². The smallest absolute Gasteiger partial charge is 0.325 e. The van der Waals surface area contributed by atoms with E-state index < -0.39 is 27.7 Å². The number of benzene rings is 3. The van der Waals surface area contributed by atoms with Gasteiger partial charge in [-0.15, -0.1) is 10.2 Å². The largest absolute Gasteiger partial charge is 0.416 e. The molecule has 4 aromatic rings. The van der Waals surface area contributed by atoms with Gasteiger partial charge in [-0.25, -0.2) is 8.42 Å². The third kappa shape index (κ3) is 6.54. The molecule has 0 saturated carbocycles. The van der Waals surface area contributed by atoms with E-state index in [4.69, 9.17) is 0 Å². The van der Waals surface area contributed by atoms with Crippen molar-refractivity contribution in [3.63, 3.8) is 0 Å². The van der Waals surface area contributed by atoms with Crippen molar-refractivity contribution in [3.8, 4) is 17.1 Å². The maximum atomic E-state index is 13.1. The molecule has 0 radical (unpaired) electrons. The lowest BCUT2D eigenvalue weighted by atomic mass is 10.2. The van der Waals surface area contributed by atoms with Crippen LogP contribution in [0.25, 0.3) is 17.1 Å². The normalized spacial score (nSPS) is 12.1. The van der Waals surface area contributed by atoms with Gasteiger partial charge >= 0.3 is 6.18 Å². The first-order valence-corrected chi connectivity index (χ1v) is 14.7. The van der Waals surface area contributed by atoms with Crippen LogP contribution in [0.3, 0.4) is 0 Å². The molecule has 40 heavy (non-hydrogen) atoms. The van der Waals surface area contributed by atoms with Gasteiger partial charge in [-0.1, -0.05) is 62.0 Å². The molecule has 1 aromatic heterocycles. The zero-order valence-corrected chi connectivity index (χ0v) is 23.2. The van der Waals surface area contributed by atoms with Gasteiger partial charge in [-0.05, 0) is 42.5 Å². The van der Waals surface area contributed by atoms with E-state index in [1.165, 1.54) is 28.6 Å². The summed E-state index contributed by atoms with van der Waals surface area (Å²) in [6.07, 6.45) is -4.53. The van der Waals surface area contributed by atoms with Crippen LogP contribution < -0.4 is 5.32 Å². The Kier molecular flexibility index (Phi) is 8.96. The van der Waals surface area contributed by atoms with Gasteiger partial charge in [-0.3, -0.25) is 9.36 Å². The summed E-state index contributed by atoms with van der Waals surface area (Å²) < 4.78 is 68.3. The van der Waals surface area contributed by atoms with Crippen LogP contribution in [0.5, 0.6) is 0 Å². The third-order valence-corrected chi connectivity index (χ3v) is 8.86. The first kappa shape index (κ1) is 29.3. The summed E-state index contributed by atoms with van der Waals surface area (Å²) in [4.78, 5) is 12.7. The molecule has 0 saturated heterocycles. The highest BCUT2D eigenvalue weighted by Gasteiger charge is 2.30. The number of nitrogens with one attached hydrogen (secondary N) is 1. The van der Waals surface area contributed by atoms with Crippen LogP contribution in [0.15, 0.2) is 88.9 Å². The fourth-order valence-corrected chi connectivity index (χ4v) is 6.23. The van der Waals surface area contributed by atoms with E-state index in [0.29, 0.717) is 35.3 Å². The molecule has 0 unspecified atom stereocenters. The highest BCUT2D eigenvalue weighted by Crippen LogP contribution is 2.32. The maximum absolute atomic E-state index is 13.1. The molecule has 0 bridgehead atoms. The zero-order valence-electron chi connectivity index (χ0n) is 21.6. The second-order valence-corrected chi connectivity index (χ2v) is 11.4. The number of halogens is 3. The number of carbonyl (C=O) groups excluding carboxylic acids is 1. The van der Waals surface area contributed by atoms with Crippen LogP contribution in [0, 0.1) is 0 Å². The quantitative estimate of drug-likeness (QED) is 0.238. The van der Waals surface area contributed by atoms with Gasteiger partial charge in [0.15, 0.2) is 11.0 Å². The Bertz CT molecular complexity index is 1590. The molecule has 0 aliphatic heterocycles. The molecule has 210 valence electrons. The number of alkyl halides is 3. The average Bonchev–Trinajstić information content (AvgIpc) is 3.37. The van der Waals surface area contributed by atoms with E-state index in [2.05, 4.69) is 15.5 Å². The van der Waals surface area contributed by atoms with E-state index in [-0.39, 0.29) is 16.3 Å². The second kappa shape index (κ2) is 12.2. The molecule has 1 N–H and O–H groups in total. The molecule has 0 aliphatic carbocycles. The number of thioether (sulfide) groups is 1. The SMILES string of the molecule is CCN(CC)S(=O)(=O)c1cccc(-c2nnc(SCC(=O)Nc3cccc(C(F)(F)F)c3)n2-c2ccccc2)c1. The molecule has 13 heteroatoms. The zero-order chi connectivity index (χ0) is 28.9. The highest BCUT2D eigenvalue weighted by atomic mass is 32.2. The molecule has 1 heterocycles. The van der Waals surface area contributed by atoms with E-state index in [1.807, 2.05) is 30.3 Å². The number of carbonyl (C=O) groups is 1. The minimum Gasteiger partial charge on any atom is -0.325 e. The van der Waals surface area contributed by atoms with E-state index in [9.17, 15) is 26.4 Å². The summed E-state index contributed by atoms with van der Waals surface area (Å²) in [7, 11) is -3.72. The number of hydrogen-bond acceptors (Lipinski definition) is 6. The van der Waals surface area contributed by atoms with E-state index >= 15 is 0 Å². The van der Waals surface area contributed by atoms with Gasteiger partial charge in [0.2, 0.25) is 15.9 Å². The number of aromatic nitrogens is 3. The summed E-state index contributed by atoms with van der Waals surface area (Å²) in [6.45, 7) is 4.19. The van der Waals surface area contributed by atoms with Gasteiger partial charge in [0.25, 0.3) is 0 Å². The fourth-order valence-electron chi connectivity index (χ4n) is 3.97. The Morgan fingerprint density at radius 3 is 2.33 bits per heavy atom. The van der Waals surface area contributed by atoms with Crippen LogP contribution in [0.4, 0.5) is 18.9 Å². The Hall–Kier alpha value is -3.68. The van der Waals surface area contributed by atoms with E-state index in [0.717, 1.165) is 23.9 Å². The highest BCUT2D eigenvalue weighted by molar-refractivity contribution is 7.99. The van der Waals surface area contributed by atoms with Crippen LogP contribution >= 0.6 is 11.8 Å². The molecule has 8 nitrogen and oxygen atoms in total. The molecule has 1 amide bonds. The lowest BCUT2D eigenvalue weighted by molar-refractivity contribution is -0.137. The number of para-hydroxylation sites is 1. The van der Waals surface area contributed by atoms with Crippen molar-refractivity contribution in [2.45, 2.75) is 30.1 Å². The lowest BCUT2D eigenvalue weighted by Crippen LogP contribution is -2.30. The number of sulfonamides is 1. The fraction of sp³-hybridized carbons (Fsp3) is 0.222. The monoisotopic (exact) mass is 589 g/mol. The minimum atomic E-state index is -4.53. The molecular formula is C27H26F3N5O3S2. The first-order chi connectivity index (χ1) is 19.0. The minimum absolute atomic E-state index is 0.0249. The van der Waals surface area contributed by atoms with Crippen molar-refractivity contribution in [3.05, 3.63) is 84.4 Å². The molecule has 3 aromatic carbocycles. The Morgan fingerprint density at radius 2 is 1.65 bits per heavy atom. The van der Waals surface area contributed by atoms with Crippen LogP contribution in [-0.4, -0.2) is 52.2 Å². The van der Waals surface area contributed by atoms with Gasteiger partial charge in [0, 0.05) is 30.0 Å².